The Morgan fingerprint density at radius 1 is 1.25 bits per heavy atom. The van der Waals surface area contributed by atoms with E-state index >= 15 is 0 Å². The first-order valence-corrected chi connectivity index (χ1v) is 7.21. The number of hydrogen-bond donors (Lipinski definition) is 1. The molecule has 1 unspecified atom stereocenters. The molecule has 3 rings (SSSR count). The Hall–Kier alpha value is -1.30. The zero-order chi connectivity index (χ0) is 13.8. The highest BCUT2D eigenvalue weighted by Crippen LogP contribution is 2.33. The van der Waals surface area contributed by atoms with Gasteiger partial charge in [-0.05, 0) is 13.1 Å². The van der Waals surface area contributed by atoms with Crippen molar-refractivity contribution in [2.24, 2.45) is 0 Å². The van der Waals surface area contributed by atoms with Crippen molar-refractivity contribution >= 4 is 0 Å². The first-order valence-electron chi connectivity index (χ1n) is 7.21. The number of benzene rings is 1. The maximum absolute atomic E-state index is 5.74. The first kappa shape index (κ1) is 13.7. The fourth-order valence-electron chi connectivity index (χ4n) is 2.63. The molecule has 0 saturated carbocycles. The molecule has 1 fully saturated rings. The van der Waals surface area contributed by atoms with E-state index in [1.807, 2.05) is 12.1 Å². The van der Waals surface area contributed by atoms with Crippen LogP contribution in [0, 0.1) is 0 Å². The second-order valence-electron chi connectivity index (χ2n) is 5.33. The van der Waals surface area contributed by atoms with Gasteiger partial charge in [0.25, 0.3) is 0 Å². The van der Waals surface area contributed by atoms with Crippen LogP contribution in [0.3, 0.4) is 0 Å². The third-order valence-corrected chi connectivity index (χ3v) is 3.68. The van der Waals surface area contributed by atoms with Crippen molar-refractivity contribution in [1.29, 1.82) is 0 Å². The topological polar surface area (TPSA) is 43.0 Å². The SMILES string of the molecule is CN1CCOC(CNCc2cccc3c2OCCO3)C1. The number of para-hydroxylation sites is 1. The quantitative estimate of drug-likeness (QED) is 0.885. The molecule has 2 aliphatic heterocycles. The number of rotatable bonds is 4. The molecular formula is C15H22N2O3. The van der Waals surface area contributed by atoms with Crippen LogP contribution in [0.1, 0.15) is 5.56 Å². The highest BCUT2D eigenvalue weighted by molar-refractivity contribution is 5.47. The summed E-state index contributed by atoms with van der Waals surface area (Å²) in [6.45, 7) is 5.71. The first-order chi connectivity index (χ1) is 9.83. The standard InChI is InChI=1S/C15H22N2O3/c1-17-5-6-18-13(11-17)10-16-9-12-3-2-4-14-15(12)20-8-7-19-14/h2-4,13,16H,5-11H2,1H3. The molecule has 110 valence electrons. The summed E-state index contributed by atoms with van der Waals surface area (Å²) >= 11 is 0. The van der Waals surface area contributed by atoms with Crippen LogP contribution in [0.15, 0.2) is 18.2 Å². The van der Waals surface area contributed by atoms with Crippen molar-refractivity contribution in [3.63, 3.8) is 0 Å². The number of ether oxygens (including phenoxy) is 3. The molecule has 0 radical (unpaired) electrons. The van der Waals surface area contributed by atoms with Gasteiger partial charge in [0, 0.05) is 31.7 Å². The summed E-state index contributed by atoms with van der Waals surface area (Å²) in [7, 11) is 2.13. The molecule has 0 bridgehead atoms. The summed E-state index contributed by atoms with van der Waals surface area (Å²) in [5.41, 5.74) is 1.14. The van der Waals surface area contributed by atoms with Gasteiger partial charge in [-0.2, -0.15) is 0 Å². The van der Waals surface area contributed by atoms with Gasteiger partial charge >= 0.3 is 0 Å². The molecule has 0 spiro atoms. The van der Waals surface area contributed by atoms with Gasteiger partial charge in [0.1, 0.15) is 13.2 Å². The van der Waals surface area contributed by atoms with E-state index in [1.54, 1.807) is 0 Å². The molecule has 2 heterocycles. The van der Waals surface area contributed by atoms with E-state index in [4.69, 9.17) is 14.2 Å². The van der Waals surface area contributed by atoms with Crippen LogP contribution in [0.5, 0.6) is 11.5 Å². The van der Waals surface area contributed by atoms with Crippen molar-refractivity contribution in [2.75, 3.05) is 46.5 Å². The lowest BCUT2D eigenvalue weighted by Crippen LogP contribution is -2.44. The van der Waals surface area contributed by atoms with Crippen LogP contribution in [0.25, 0.3) is 0 Å². The van der Waals surface area contributed by atoms with E-state index in [-0.39, 0.29) is 6.10 Å². The average Bonchev–Trinajstić information content (AvgIpc) is 2.48. The number of nitrogens with zero attached hydrogens (tertiary/aromatic N) is 1. The predicted octanol–water partition coefficient (Wildman–Crippen LogP) is 0.878. The van der Waals surface area contributed by atoms with Gasteiger partial charge in [0.15, 0.2) is 11.5 Å². The Balaban J connectivity index is 1.53. The van der Waals surface area contributed by atoms with Gasteiger partial charge in [-0.3, -0.25) is 0 Å². The van der Waals surface area contributed by atoms with Crippen LogP contribution >= 0.6 is 0 Å². The monoisotopic (exact) mass is 278 g/mol. The Morgan fingerprint density at radius 2 is 2.15 bits per heavy atom. The van der Waals surface area contributed by atoms with Gasteiger partial charge in [-0.25, -0.2) is 0 Å². The number of nitrogens with one attached hydrogen (secondary N) is 1. The lowest BCUT2D eigenvalue weighted by molar-refractivity contribution is -0.0182. The summed E-state index contributed by atoms with van der Waals surface area (Å²) in [6.07, 6.45) is 0.269. The van der Waals surface area contributed by atoms with Crippen LogP contribution in [-0.4, -0.2) is 57.5 Å². The second-order valence-corrected chi connectivity index (χ2v) is 5.33. The van der Waals surface area contributed by atoms with Crippen molar-refractivity contribution in [2.45, 2.75) is 12.6 Å². The minimum absolute atomic E-state index is 0.269. The normalized spacial score (nSPS) is 22.8. The zero-order valence-electron chi connectivity index (χ0n) is 11.9. The molecular weight excluding hydrogens is 256 g/mol. The molecule has 1 aromatic carbocycles. The van der Waals surface area contributed by atoms with Crippen LogP contribution in [0.2, 0.25) is 0 Å². The summed E-state index contributed by atoms with van der Waals surface area (Å²) in [5, 5.41) is 3.45. The van der Waals surface area contributed by atoms with Gasteiger partial charge in [0.2, 0.25) is 0 Å². The van der Waals surface area contributed by atoms with Crippen molar-refractivity contribution < 1.29 is 14.2 Å². The number of hydrogen-bond acceptors (Lipinski definition) is 5. The molecule has 1 saturated heterocycles. The van der Waals surface area contributed by atoms with Crippen molar-refractivity contribution in [3.8, 4) is 11.5 Å². The molecule has 0 aromatic heterocycles. The van der Waals surface area contributed by atoms with Crippen LogP contribution in [0.4, 0.5) is 0 Å². The molecule has 2 aliphatic rings. The third kappa shape index (κ3) is 3.23. The fraction of sp³-hybridized carbons (Fsp3) is 0.600. The summed E-state index contributed by atoms with van der Waals surface area (Å²) < 4.78 is 17.0. The minimum atomic E-state index is 0.269. The molecule has 0 aliphatic carbocycles. The summed E-state index contributed by atoms with van der Waals surface area (Å²) in [5.74, 6) is 1.73. The maximum atomic E-state index is 5.74. The van der Waals surface area contributed by atoms with Gasteiger partial charge < -0.3 is 24.4 Å². The minimum Gasteiger partial charge on any atom is -0.486 e. The number of likely N-dealkylation sites (N-methyl/N-ethyl adjacent to an activating group) is 1. The van der Waals surface area contributed by atoms with E-state index in [9.17, 15) is 0 Å². The lowest BCUT2D eigenvalue weighted by Gasteiger charge is -2.30. The Bertz CT molecular complexity index is 453. The zero-order valence-corrected chi connectivity index (χ0v) is 11.9. The van der Waals surface area contributed by atoms with E-state index in [0.29, 0.717) is 13.2 Å². The highest BCUT2D eigenvalue weighted by Gasteiger charge is 2.18. The second kappa shape index (κ2) is 6.43. The fourth-order valence-corrected chi connectivity index (χ4v) is 2.63. The van der Waals surface area contributed by atoms with Gasteiger partial charge in [-0.15, -0.1) is 0 Å². The summed E-state index contributed by atoms with van der Waals surface area (Å²) in [6, 6.07) is 6.04. The van der Waals surface area contributed by atoms with Crippen LogP contribution < -0.4 is 14.8 Å². The Morgan fingerprint density at radius 3 is 3.05 bits per heavy atom. The number of fused-ring (bicyclic) bond motifs is 1. The molecule has 20 heavy (non-hydrogen) atoms. The molecule has 0 amide bonds. The smallest absolute Gasteiger partial charge is 0.165 e. The van der Waals surface area contributed by atoms with Crippen LogP contribution in [-0.2, 0) is 11.3 Å². The predicted molar refractivity (Wildman–Crippen MR) is 76.4 cm³/mol. The Kier molecular flexibility index (Phi) is 4.40. The maximum Gasteiger partial charge on any atom is 0.165 e. The third-order valence-electron chi connectivity index (χ3n) is 3.68. The Labute approximate surface area is 119 Å². The van der Waals surface area contributed by atoms with E-state index < -0.39 is 0 Å². The van der Waals surface area contributed by atoms with Crippen molar-refractivity contribution in [1.82, 2.24) is 10.2 Å². The van der Waals surface area contributed by atoms with Gasteiger partial charge in [-0.1, -0.05) is 12.1 Å². The largest absolute Gasteiger partial charge is 0.486 e. The van der Waals surface area contributed by atoms with E-state index in [0.717, 1.165) is 49.8 Å². The molecule has 5 heteroatoms. The molecule has 1 aromatic rings. The van der Waals surface area contributed by atoms with Gasteiger partial charge in [0.05, 0.1) is 12.7 Å². The highest BCUT2D eigenvalue weighted by atomic mass is 16.6. The molecule has 1 atom stereocenters. The molecule has 5 nitrogen and oxygen atoms in total. The lowest BCUT2D eigenvalue weighted by atomic mass is 10.1. The van der Waals surface area contributed by atoms with Crippen molar-refractivity contribution in [3.05, 3.63) is 23.8 Å². The summed E-state index contributed by atoms with van der Waals surface area (Å²) in [4.78, 5) is 2.30. The van der Waals surface area contributed by atoms with E-state index in [2.05, 4.69) is 23.3 Å². The van der Waals surface area contributed by atoms with E-state index in [1.165, 1.54) is 0 Å². The average molecular weight is 278 g/mol. The molecule has 1 N–H and O–H groups in total. The number of morpholine rings is 1.